The largest absolute Gasteiger partial charge is 0.330 e. The maximum atomic E-state index is 5.55. The van der Waals surface area contributed by atoms with Crippen molar-refractivity contribution in [2.24, 2.45) is 11.7 Å². The summed E-state index contributed by atoms with van der Waals surface area (Å²) in [5.41, 5.74) is 5.55. The lowest BCUT2D eigenvalue weighted by Crippen LogP contribution is -2.26. The second-order valence-electron chi connectivity index (χ2n) is 4.67. The minimum absolute atomic E-state index is 0.806. The Bertz CT molecular complexity index is 120. The van der Waals surface area contributed by atoms with Crippen LogP contribution in [0.5, 0.6) is 0 Å². The van der Waals surface area contributed by atoms with Crippen molar-refractivity contribution in [1.82, 2.24) is 4.90 Å². The van der Waals surface area contributed by atoms with Gasteiger partial charge in [-0.15, -0.1) is 0 Å². The maximum absolute atomic E-state index is 5.55. The second kappa shape index (κ2) is 10.4. The highest BCUT2D eigenvalue weighted by molar-refractivity contribution is 4.59. The van der Waals surface area contributed by atoms with Crippen molar-refractivity contribution in [3.05, 3.63) is 0 Å². The fourth-order valence-electron chi connectivity index (χ4n) is 2.06. The fraction of sp³-hybridized carbons (Fsp3) is 1.00. The summed E-state index contributed by atoms with van der Waals surface area (Å²) < 4.78 is 0. The first-order valence-electron chi connectivity index (χ1n) is 6.66. The molecule has 0 aliphatic carbocycles. The van der Waals surface area contributed by atoms with Crippen molar-refractivity contribution in [3.63, 3.8) is 0 Å². The Balaban J connectivity index is 3.51. The fourth-order valence-corrected chi connectivity index (χ4v) is 2.06. The van der Waals surface area contributed by atoms with E-state index in [2.05, 4.69) is 25.7 Å². The van der Waals surface area contributed by atoms with Gasteiger partial charge in [0.05, 0.1) is 0 Å². The van der Waals surface area contributed by atoms with Crippen LogP contribution in [0.2, 0.25) is 0 Å². The molecule has 2 heteroatoms. The van der Waals surface area contributed by atoms with Crippen molar-refractivity contribution in [3.8, 4) is 0 Å². The highest BCUT2D eigenvalue weighted by atomic mass is 15.1. The molecular weight excluding hydrogens is 184 g/mol. The molecule has 0 aromatic rings. The minimum atomic E-state index is 0.806. The smallest absolute Gasteiger partial charge is 0.00186 e. The van der Waals surface area contributed by atoms with E-state index in [1.54, 1.807) is 0 Å². The summed E-state index contributed by atoms with van der Waals surface area (Å²) in [6.45, 7) is 11.5. The molecule has 0 fully saturated rings. The van der Waals surface area contributed by atoms with Crippen LogP contribution in [0, 0.1) is 5.92 Å². The van der Waals surface area contributed by atoms with Crippen molar-refractivity contribution >= 4 is 0 Å². The van der Waals surface area contributed by atoms with E-state index in [1.807, 2.05) is 0 Å². The molecule has 1 atom stereocenters. The van der Waals surface area contributed by atoms with Crippen LogP contribution in [0.1, 0.15) is 52.9 Å². The number of hydrogen-bond acceptors (Lipinski definition) is 2. The van der Waals surface area contributed by atoms with E-state index in [0.29, 0.717) is 0 Å². The summed E-state index contributed by atoms with van der Waals surface area (Å²) >= 11 is 0. The van der Waals surface area contributed by atoms with Gasteiger partial charge >= 0.3 is 0 Å². The highest BCUT2D eigenvalue weighted by Gasteiger charge is 2.04. The molecule has 0 aliphatic heterocycles. The van der Waals surface area contributed by atoms with Gasteiger partial charge in [-0.05, 0) is 64.2 Å². The van der Waals surface area contributed by atoms with Crippen LogP contribution in [0.25, 0.3) is 0 Å². The maximum Gasteiger partial charge on any atom is -0.00186 e. The van der Waals surface area contributed by atoms with E-state index in [9.17, 15) is 0 Å². The molecular formula is C13H30N2. The quantitative estimate of drug-likeness (QED) is 0.606. The second-order valence-corrected chi connectivity index (χ2v) is 4.67. The van der Waals surface area contributed by atoms with Gasteiger partial charge in [-0.25, -0.2) is 0 Å². The van der Waals surface area contributed by atoms with Crippen LogP contribution in [0.15, 0.2) is 0 Å². The summed E-state index contributed by atoms with van der Waals surface area (Å²) in [5, 5.41) is 0. The molecule has 0 spiro atoms. The summed E-state index contributed by atoms with van der Waals surface area (Å²) in [6, 6.07) is 0. The van der Waals surface area contributed by atoms with Gasteiger partial charge in [0.25, 0.3) is 0 Å². The van der Waals surface area contributed by atoms with Gasteiger partial charge in [-0.2, -0.15) is 0 Å². The monoisotopic (exact) mass is 214 g/mol. The summed E-state index contributed by atoms with van der Waals surface area (Å²) in [7, 11) is 0. The van der Waals surface area contributed by atoms with E-state index in [1.165, 1.54) is 51.7 Å². The van der Waals surface area contributed by atoms with Gasteiger partial charge in [0, 0.05) is 0 Å². The Morgan fingerprint density at radius 2 is 1.60 bits per heavy atom. The lowest BCUT2D eigenvalue weighted by atomic mass is 10.0. The molecule has 0 heterocycles. The number of nitrogens with zero attached hydrogens (tertiary/aromatic N) is 1. The first-order chi connectivity index (χ1) is 7.24. The Morgan fingerprint density at radius 3 is 2.07 bits per heavy atom. The third kappa shape index (κ3) is 8.88. The Morgan fingerprint density at radius 1 is 1.00 bits per heavy atom. The molecule has 0 saturated heterocycles. The molecule has 1 unspecified atom stereocenters. The standard InChI is InChI=1S/C13H30N2/c1-4-10-15(11-5-2)12-6-7-13(3)8-9-14/h13H,4-12,14H2,1-3H3. The van der Waals surface area contributed by atoms with Crippen LogP contribution in [-0.2, 0) is 0 Å². The summed E-state index contributed by atoms with van der Waals surface area (Å²) in [5.74, 6) is 0.806. The zero-order valence-electron chi connectivity index (χ0n) is 11.0. The van der Waals surface area contributed by atoms with E-state index < -0.39 is 0 Å². The summed E-state index contributed by atoms with van der Waals surface area (Å²) in [6.07, 6.45) is 6.40. The van der Waals surface area contributed by atoms with Crippen molar-refractivity contribution < 1.29 is 0 Å². The Kier molecular flexibility index (Phi) is 10.4. The van der Waals surface area contributed by atoms with Crippen LogP contribution >= 0.6 is 0 Å². The third-order valence-electron chi connectivity index (χ3n) is 2.91. The lowest BCUT2D eigenvalue weighted by Gasteiger charge is -2.21. The van der Waals surface area contributed by atoms with E-state index in [4.69, 9.17) is 5.73 Å². The topological polar surface area (TPSA) is 29.3 Å². The SMILES string of the molecule is CCCN(CCC)CCCC(C)CCN. The van der Waals surface area contributed by atoms with Crippen LogP contribution in [0.3, 0.4) is 0 Å². The van der Waals surface area contributed by atoms with Gasteiger partial charge in [0.2, 0.25) is 0 Å². The zero-order valence-corrected chi connectivity index (χ0v) is 11.0. The lowest BCUT2D eigenvalue weighted by molar-refractivity contribution is 0.261. The number of rotatable bonds is 10. The third-order valence-corrected chi connectivity index (χ3v) is 2.91. The van der Waals surface area contributed by atoms with Gasteiger partial charge in [-0.1, -0.05) is 20.8 Å². The average molecular weight is 214 g/mol. The van der Waals surface area contributed by atoms with Gasteiger partial charge in [0.15, 0.2) is 0 Å². The minimum Gasteiger partial charge on any atom is -0.330 e. The molecule has 2 nitrogen and oxygen atoms in total. The molecule has 0 saturated carbocycles. The molecule has 0 aliphatic rings. The molecule has 0 aromatic carbocycles. The molecule has 0 radical (unpaired) electrons. The average Bonchev–Trinajstić information content (AvgIpc) is 2.19. The summed E-state index contributed by atoms with van der Waals surface area (Å²) in [4.78, 5) is 2.59. The zero-order chi connectivity index (χ0) is 11.5. The normalized spacial score (nSPS) is 13.4. The molecule has 0 bridgehead atoms. The molecule has 0 rings (SSSR count). The van der Waals surface area contributed by atoms with Crippen LogP contribution < -0.4 is 5.73 Å². The Labute approximate surface area is 96.2 Å². The molecule has 0 amide bonds. The van der Waals surface area contributed by atoms with E-state index in [-0.39, 0.29) is 0 Å². The van der Waals surface area contributed by atoms with Gasteiger partial charge in [0.1, 0.15) is 0 Å². The number of hydrogen-bond donors (Lipinski definition) is 1. The van der Waals surface area contributed by atoms with E-state index in [0.717, 1.165) is 12.5 Å². The van der Waals surface area contributed by atoms with Crippen LogP contribution in [-0.4, -0.2) is 31.1 Å². The van der Waals surface area contributed by atoms with Gasteiger partial charge in [-0.3, -0.25) is 0 Å². The van der Waals surface area contributed by atoms with E-state index >= 15 is 0 Å². The first kappa shape index (κ1) is 14.9. The molecule has 0 aromatic heterocycles. The number of nitrogens with two attached hydrogens (primary N) is 1. The van der Waals surface area contributed by atoms with Crippen molar-refractivity contribution in [2.45, 2.75) is 52.9 Å². The highest BCUT2D eigenvalue weighted by Crippen LogP contribution is 2.10. The predicted molar refractivity (Wildman–Crippen MR) is 69.1 cm³/mol. The van der Waals surface area contributed by atoms with Crippen LogP contribution in [0.4, 0.5) is 0 Å². The van der Waals surface area contributed by atoms with Crippen molar-refractivity contribution in [2.75, 3.05) is 26.2 Å². The molecule has 92 valence electrons. The van der Waals surface area contributed by atoms with Crippen molar-refractivity contribution in [1.29, 1.82) is 0 Å². The first-order valence-corrected chi connectivity index (χ1v) is 6.66. The van der Waals surface area contributed by atoms with Gasteiger partial charge < -0.3 is 10.6 Å². The predicted octanol–water partition coefficient (Wildman–Crippen LogP) is 2.87. The molecule has 2 N–H and O–H groups in total. The molecule has 15 heavy (non-hydrogen) atoms. The Hall–Kier alpha value is -0.0800.